The summed E-state index contributed by atoms with van der Waals surface area (Å²) >= 11 is 3.01. The number of aryl methyl sites for hydroxylation is 1. The van der Waals surface area contributed by atoms with Gasteiger partial charge in [-0.25, -0.2) is 4.98 Å². The van der Waals surface area contributed by atoms with Crippen LogP contribution in [0.25, 0.3) is 32.8 Å². The van der Waals surface area contributed by atoms with Gasteiger partial charge in [-0.3, -0.25) is 0 Å². The molecule has 0 saturated carbocycles. The maximum absolute atomic E-state index is 5.72. The van der Waals surface area contributed by atoms with E-state index >= 15 is 0 Å². The molecule has 0 radical (unpaired) electrons. The molecule has 27 heavy (non-hydrogen) atoms. The van der Waals surface area contributed by atoms with E-state index in [1.54, 1.807) is 11.3 Å². The van der Waals surface area contributed by atoms with Gasteiger partial charge in [0.2, 0.25) is 11.0 Å². The fourth-order valence-corrected chi connectivity index (χ4v) is 4.27. The van der Waals surface area contributed by atoms with E-state index in [-0.39, 0.29) is 0 Å². The van der Waals surface area contributed by atoms with Crippen molar-refractivity contribution in [1.29, 1.82) is 0 Å². The average molecular weight is 394 g/mol. The summed E-state index contributed by atoms with van der Waals surface area (Å²) in [5, 5.41) is 20.5. The highest BCUT2D eigenvalue weighted by molar-refractivity contribution is 7.98. The Morgan fingerprint density at radius 1 is 1.07 bits per heavy atom. The molecular formula is C18H14N6OS2. The van der Waals surface area contributed by atoms with Gasteiger partial charge < -0.3 is 8.98 Å². The van der Waals surface area contributed by atoms with Crippen molar-refractivity contribution in [2.45, 2.75) is 24.4 Å². The van der Waals surface area contributed by atoms with E-state index in [0.29, 0.717) is 22.7 Å². The molecule has 0 aliphatic heterocycles. The third-order valence-corrected chi connectivity index (χ3v) is 5.87. The van der Waals surface area contributed by atoms with Crippen LogP contribution in [-0.4, -0.2) is 29.9 Å². The number of aromatic nitrogens is 6. The number of thioether (sulfide) groups is 1. The molecule has 4 aromatic heterocycles. The number of hydrogen-bond acceptors (Lipinski definition) is 8. The van der Waals surface area contributed by atoms with Gasteiger partial charge in [0.05, 0.1) is 16.1 Å². The molecule has 0 N–H and O–H groups in total. The quantitative estimate of drug-likeness (QED) is 0.409. The second-order valence-electron chi connectivity index (χ2n) is 5.79. The molecule has 4 heterocycles. The van der Waals surface area contributed by atoms with Gasteiger partial charge in [0.15, 0.2) is 5.65 Å². The Hall–Kier alpha value is -2.78. The van der Waals surface area contributed by atoms with Crippen LogP contribution in [0.3, 0.4) is 0 Å². The highest BCUT2D eigenvalue weighted by Gasteiger charge is 2.15. The first kappa shape index (κ1) is 16.4. The van der Waals surface area contributed by atoms with Gasteiger partial charge in [-0.05, 0) is 24.4 Å². The first-order chi connectivity index (χ1) is 13.3. The third-order valence-electron chi connectivity index (χ3n) is 4.19. The molecule has 0 unspecified atom stereocenters. The number of fused-ring (bicyclic) bond motifs is 3. The molecule has 0 saturated heterocycles. The second-order valence-corrected chi connectivity index (χ2v) is 7.69. The van der Waals surface area contributed by atoms with Crippen LogP contribution in [0.2, 0.25) is 0 Å². The number of rotatable bonds is 5. The fourth-order valence-electron chi connectivity index (χ4n) is 3.01. The van der Waals surface area contributed by atoms with Gasteiger partial charge >= 0.3 is 0 Å². The minimum absolute atomic E-state index is 0.498. The summed E-state index contributed by atoms with van der Waals surface area (Å²) in [6.45, 7) is 2.92. The Morgan fingerprint density at radius 2 is 2.00 bits per heavy atom. The largest absolute Gasteiger partial charge is 0.419 e. The molecule has 9 heteroatoms. The normalized spacial score (nSPS) is 11.6. The zero-order valence-corrected chi connectivity index (χ0v) is 16.0. The Bertz CT molecular complexity index is 1230. The van der Waals surface area contributed by atoms with E-state index < -0.39 is 0 Å². The van der Waals surface area contributed by atoms with Crippen molar-refractivity contribution in [2.75, 3.05) is 0 Å². The summed E-state index contributed by atoms with van der Waals surface area (Å²) in [6.07, 6.45) is 0. The molecule has 5 aromatic rings. The van der Waals surface area contributed by atoms with Crippen LogP contribution in [0.1, 0.15) is 12.8 Å². The minimum atomic E-state index is 0.498. The molecule has 0 atom stereocenters. The smallest absolute Gasteiger partial charge is 0.257 e. The van der Waals surface area contributed by atoms with E-state index in [9.17, 15) is 0 Å². The molecule has 0 aliphatic carbocycles. The topological polar surface area (TPSA) is 82.5 Å². The minimum Gasteiger partial charge on any atom is -0.419 e. The van der Waals surface area contributed by atoms with E-state index in [4.69, 9.17) is 9.40 Å². The number of benzene rings is 1. The lowest BCUT2D eigenvalue weighted by Crippen LogP contribution is -1.98. The molecule has 134 valence electrons. The predicted molar refractivity (Wildman–Crippen MR) is 106 cm³/mol. The number of thiophene rings is 1. The third kappa shape index (κ3) is 2.88. The zero-order valence-electron chi connectivity index (χ0n) is 14.4. The number of nitrogens with zero attached hydrogens (tertiary/aromatic N) is 6. The van der Waals surface area contributed by atoms with Crippen LogP contribution < -0.4 is 0 Å². The summed E-state index contributed by atoms with van der Waals surface area (Å²) < 4.78 is 7.87. The van der Waals surface area contributed by atoms with Crippen LogP contribution in [0.15, 0.2) is 51.4 Å². The molecule has 0 bridgehead atoms. The maximum atomic E-state index is 5.72. The van der Waals surface area contributed by atoms with E-state index in [0.717, 1.165) is 33.5 Å². The van der Waals surface area contributed by atoms with Crippen molar-refractivity contribution in [2.24, 2.45) is 0 Å². The summed E-state index contributed by atoms with van der Waals surface area (Å²) in [6, 6.07) is 12.1. The maximum Gasteiger partial charge on any atom is 0.257 e. The molecule has 1 aromatic carbocycles. The van der Waals surface area contributed by atoms with Crippen molar-refractivity contribution >= 4 is 45.2 Å². The number of hydrogen-bond donors (Lipinski definition) is 0. The number of para-hydroxylation sites is 1. The molecule has 0 amide bonds. The second kappa shape index (κ2) is 6.75. The van der Waals surface area contributed by atoms with Crippen molar-refractivity contribution in [3.8, 4) is 10.8 Å². The zero-order chi connectivity index (χ0) is 18.2. The van der Waals surface area contributed by atoms with Gasteiger partial charge in [-0.2, -0.15) is 0 Å². The van der Waals surface area contributed by atoms with E-state index in [2.05, 4.69) is 44.0 Å². The van der Waals surface area contributed by atoms with Crippen LogP contribution in [0.5, 0.6) is 0 Å². The molecule has 5 rings (SSSR count). The highest BCUT2D eigenvalue weighted by atomic mass is 32.2. The van der Waals surface area contributed by atoms with Gasteiger partial charge in [0.25, 0.3) is 5.89 Å². The monoisotopic (exact) mass is 394 g/mol. The van der Waals surface area contributed by atoms with Gasteiger partial charge in [0, 0.05) is 11.9 Å². The fraction of sp³-hybridized carbons (Fsp3) is 0.167. The van der Waals surface area contributed by atoms with E-state index in [1.807, 2.05) is 29.6 Å². The molecule has 0 spiro atoms. The van der Waals surface area contributed by atoms with Crippen LogP contribution >= 0.6 is 23.1 Å². The Morgan fingerprint density at radius 3 is 2.85 bits per heavy atom. The lowest BCUT2D eigenvalue weighted by molar-refractivity contribution is 0.529. The Kier molecular flexibility index (Phi) is 4.10. The lowest BCUT2D eigenvalue weighted by Gasteiger charge is -2.02. The molecule has 0 fully saturated rings. The molecule has 0 aliphatic rings. The van der Waals surface area contributed by atoms with Crippen molar-refractivity contribution in [3.63, 3.8) is 0 Å². The SMILES string of the molecule is CCn1c2ccccc2c2nnc(SCc3nnc(-c4cccs4)o3)nc21. The van der Waals surface area contributed by atoms with Crippen molar-refractivity contribution in [1.82, 2.24) is 29.9 Å². The van der Waals surface area contributed by atoms with Gasteiger partial charge in [0.1, 0.15) is 5.52 Å². The van der Waals surface area contributed by atoms with Crippen LogP contribution in [0, 0.1) is 0 Å². The summed E-state index contributed by atoms with van der Waals surface area (Å²) in [4.78, 5) is 5.68. The predicted octanol–water partition coefficient (Wildman–Crippen LogP) is 4.40. The van der Waals surface area contributed by atoms with E-state index in [1.165, 1.54) is 11.8 Å². The lowest BCUT2D eigenvalue weighted by atomic mass is 10.2. The van der Waals surface area contributed by atoms with Crippen molar-refractivity contribution in [3.05, 3.63) is 47.7 Å². The molecule has 7 nitrogen and oxygen atoms in total. The highest BCUT2D eigenvalue weighted by Crippen LogP contribution is 2.28. The summed E-state index contributed by atoms with van der Waals surface area (Å²) in [5.74, 6) is 1.59. The molecular weight excluding hydrogens is 380 g/mol. The van der Waals surface area contributed by atoms with Gasteiger partial charge in [-0.1, -0.05) is 36.0 Å². The first-order valence-electron chi connectivity index (χ1n) is 8.44. The average Bonchev–Trinajstić information content (AvgIpc) is 3.44. The first-order valence-corrected chi connectivity index (χ1v) is 10.3. The van der Waals surface area contributed by atoms with Gasteiger partial charge in [-0.15, -0.1) is 31.7 Å². The van der Waals surface area contributed by atoms with Crippen LogP contribution in [-0.2, 0) is 12.3 Å². The van der Waals surface area contributed by atoms with Crippen LogP contribution in [0.4, 0.5) is 0 Å². The Balaban J connectivity index is 1.43. The Labute approximate surface area is 162 Å². The standard InChI is InChI=1S/C18H14N6OS2/c1-2-24-12-7-4-3-6-11(12)15-16(24)19-18(23-21-15)27-10-14-20-22-17(25-14)13-8-5-9-26-13/h3-9H,2,10H2,1H3. The summed E-state index contributed by atoms with van der Waals surface area (Å²) in [5.41, 5.74) is 2.80. The summed E-state index contributed by atoms with van der Waals surface area (Å²) in [7, 11) is 0. The van der Waals surface area contributed by atoms with Crippen molar-refractivity contribution < 1.29 is 4.42 Å².